The normalized spacial score (nSPS) is 10.6. The van der Waals surface area contributed by atoms with Gasteiger partial charge in [0.2, 0.25) is 5.95 Å². The van der Waals surface area contributed by atoms with Crippen LogP contribution in [0.25, 0.3) is 11.3 Å². The molecule has 5 heteroatoms. The van der Waals surface area contributed by atoms with Crippen LogP contribution >= 0.6 is 0 Å². The summed E-state index contributed by atoms with van der Waals surface area (Å²) in [6.45, 7) is 7.04. The predicted octanol–water partition coefficient (Wildman–Crippen LogP) is 2.02. The van der Waals surface area contributed by atoms with Gasteiger partial charge in [0.1, 0.15) is 0 Å². The van der Waals surface area contributed by atoms with E-state index in [1.54, 1.807) is 6.20 Å². The third-order valence-corrected chi connectivity index (χ3v) is 2.82. The first kappa shape index (κ1) is 11.6. The molecule has 0 unspecified atom stereocenters. The van der Waals surface area contributed by atoms with Crippen molar-refractivity contribution >= 4 is 5.95 Å². The highest BCUT2D eigenvalue weighted by molar-refractivity contribution is 5.65. The van der Waals surface area contributed by atoms with Gasteiger partial charge in [0.15, 0.2) is 0 Å². The number of hydrogen-bond donors (Lipinski definition) is 1. The van der Waals surface area contributed by atoms with Crippen molar-refractivity contribution in [3.8, 4) is 11.3 Å². The second-order valence-corrected chi connectivity index (χ2v) is 3.88. The SMILES string of the molecule is CCn1nc(C)c(-c2ccnc(NC)n2)c1C. The third-order valence-electron chi connectivity index (χ3n) is 2.82. The lowest BCUT2D eigenvalue weighted by Gasteiger charge is -2.04. The molecule has 0 spiro atoms. The van der Waals surface area contributed by atoms with Crippen LogP contribution in [0.2, 0.25) is 0 Å². The van der Waals surface area contributed by atoms with Gasteiger partial charge in [0.25, 0.3) is 0 Å². The number of nitrogens with zero attached hydrogens (tertiary/aromatic N) is 4. The number of rotatable bonds is 3. The van der Waals surface area contributed by atoms with Crippen LogP contribution in [0.1, 0.15) is 18.3 Å². The van der Waals surface area contributed by atoms with Crippen LogP contribution in [0, 0.1) is 13.8 Å². The molecule has 2 rings (SSSR count). The molecule has 0 aliphatic rings. The minimum atomic E-state index is 0.630. The molecule has 0 radical (unpaired) electrons. The molecule has 2 aromatic rings. The Labute approximate surface area is 101 Å². The maximum absolute atomic E-state index is 4.50. The number of aromatic nitrogens is 4. The topological polar surface area (TPSA) is 55.6 Å². The minimum absolute atomic E-state index is 0.630. The summed E-state index contributed by atoms with van der Waals surface area (Å²) in [6.07, 6.45) is 1.76. The van der Waals surface area contributed by atoms with E-state index in [9.17, 15) is 0 Å². The summed E-state index contributed by atoms with van der Waals surface area (Å²) in [4.78, 5) is 8.58. The van der Waals surface area contributed by atoms with E-state index >= 15 is 0 Å². The van der Waals surface area contributed by atoms with Gasteiger partial charge in [-0.25, -0.2) is 9.97 Å². The van der Waals surface area contributed by atoms with Gasteiger partial charge >= 0.3 is 0 Å². The molecule has 1 N–H and O–H groups in total. The molecule has 0 aliphatic heterocycles. The molecule has 0 saturated carbocycles. The van der Waals surface area contributed by atoms with Crippen LogP contribution in [-0.2, 0) is 6.54 Å². The van der Waals surface area contributed by atoms with Crippen molar-refractivity contribution in [2.45, 2.75) is 27.3 Å². The summed E-state index contributed by atoms with van der Waals surface area (Å²) >= 11 is 0. The molecular formula is C12H17N5. The zero-order chi connectivity index (χ0) is 12.4. The van der Waals surface area contributed by atoms with E-state index in [-0.39, 0.29) is 0 Å². The molecule has 0 fully saturated rings. The molecular weight excluding hydrogens is 214 g/mol. The number of anilines is 1. The minimum Gasteiger partial charge on any atom is -0.357 e. The van der Waals surface area contributed by atoms with E-state index in [0.29, 0.717) is 5.95 Å². The molecule has 0 saturated heterocycles. The lowest BCUT2D eigenvalue weighted by molar-refractivity contribution is 0.634. The van der Waals surface area contributed by atoms with E-state index in [2.05, 4.69) is 34.2 Å². The van der Waals surface area contributed by atoms with E-state index < -0.39 is 0 Å². The average molecular weight is 231 g/mol. The first-order chi connectivity index (χ1) is 8.17. The molecule has 0 bridgehead atoms. The van der Waals surface area contributed by atoms with Crippen LogP contribution in [-0.4, -0.2) is 26.8 Å². The van der Waals surface area contributed by atoms with E-state index in [1.807, 2.05) is 24.7 Å². The van der Waals surface area contributed by atoms with Crippen molar-refractivity contribution in [1.82, 2.24) is 19.7 Å². The largest absolute Gasteiger partial charge is 0.357 e. The zero-order valence-electron chi connectivity index (χ0n) is 10.7. The predicted molar refractivity (Wildman–Crippen MR) is 67.9 cm³/mol. The van der Waals surface area contributed by atoms with Crippen molar-refractivity contribution in [3.63, 3.8) is 0 Å². The molecule has 5 nitrogen and oxygen atoms in total. The molecule has 17 heavy (non-hydrogen) atoms. The molecule has 2 heterocycles. The maximum Gasteiger partial charge on any atom is 0.222 e. The average Bonchev–Trinajstić information content (AvgIpc) is 2.64. The molecule has 0 amide bonds. The quantitative estimate of drug-likeness (QED) is 0.878. The smallest absolute Gasteiger partial charge is 0.222 e. The van der Waals surface area contributed by atoms with Gasteiger partial charge in [0, 0.05) is 31.0 Å². The Balaban J connectivity index is 2.55. The van der Waals surface area contributed by atoms with Gasteiger partial charge in [-0.3, -0.25) is 4.68 Å². The van der Waals surface area contributed by atoms with E-state index in [1.165, 1.54) is 0 Å². The van der Waals surface area contributed by atoms with E-state index in [0.717, 1.165) is 29.2 Å². The second kappa shape index (κ2) is 4.53. The fraction of sp³-hybridized carbons (Fsp3) is 0.417. The first-order valence-electron chi connectivity index (χ1n) is 5.72. The third kappa shape index (κ3) is 2.00. The Kier molecular flexibility index (Phi) is 3.08. The van der Waals surface area contributed by atoms with Crippen LogP contribution in [0.5, 0.6) is 0 Å². The van der Waals surface area contributed by atoms with Crippen LogP contribution in [0.15, 0.2) is 12.3 Å². The molecule has 0 aliphatic carbocycles. The van der Waals surface area contributed by atoms with Crippen LogP contribution < -0.4 is 5.32 Å². The summed E-state index contributed by atoms with van der Waals surface area (Å²) in [5, 5.41) is 7.44. The summed E-state index contributed by atoms with van der Waals surface area (Å²) in [5.74, 6) is 0.630. The van der Waals surface area contributed by atoms with Crippen molar-refractivity contribution in [1.29, 1.82) is 0 Å². The monoisotopic (exact) mass is 231 g/mol. The Bertz CT molecular complexity index is 530. The maximum atomic E-state index is 4.50. The molecule has 90 valence electrons. The van der Waals surface area contributed by atoms with Gasteiger partial charge in [-0.05, 0) is 26.8 Å². The molecule has 2 aromatic heterocycles. The first-order valence-corrected chi connectivity index (χ1v) is 5.72. The summed E-state index contributed by atoms with van der Waals surface area (Å²) < 4.78 is 1.99. The van der Waals surface area contributed by atoms with Gasteiger partial charge in [-0.2, -0.15) is 5.10 Å². The molecule has 0 atom stereocenters. The van der Waals surface area contributed by atoms with Gasteiger partial charge < -0.3 is 5.32 Å². The molecule has 0 aromatic carbocycles. The highest BCUT2D eigenvalue weighted by atomic mass is 15.3. The Morgan fingerprint density at radius 3 is 2.71 bits per heavy atom. The highest BCUT2D eigenvalue weighted by Gasteiger charge is 2.14. The number of nitrogens with one attached hydrogen (secondary N) is 1. The Morgan fingerprint density at radius 2 is 2.12 bits per heavy atom. The van der Waals surface area contributed by atoms with Crippen molar-refractivity contribution in [3.05, 3.63) is 23.7 Å². The lowest BCUT2D eigenvalue weighted by atomic mass is 10.1. The van der Waals surface area contributed by atoms with Gasteiger partial charge in [0.05, 0.1) is 11.4 Å². The second-order valence-electron chi connectivity index (χ2n) is 3.88. The summed E-state index contributed by atoms with van der Waals surface area (Å²) in [6, 6.07) is 1.91. The van der Waals surface area contributed by atoms with Gasteiger partial charge in [-0.1, -0.05) is 0 Å². The number of hydrogen-bond acceptors (Lipinski definition) is 4. The van der Waals surface area contributed by atoms with Crippen molar-refractivity contribution in [2.75, 3.05) is 12.4 Å². The van der Waals surface area contributed by atoms with Gasteiger partial charge in [-0.15, -0.1) is 0 Å². The van der Waals surface area contributed by atoms with E-state index in [4.69, 9.17) is 0 Å². The fourth-order valence-electron chi connectivity index (χ4n) is 1.99. The van der Waals surface area contributed by atoms with Crippen LogP contribution in [0.3, 0.4) is 0 Å². The highest BCUT2D eigenvalue weighted by Crippen LogP contribution is 2.25. The lowest BCUT2D eigenvalue weighted by Crippen LogP contribution is -1.99. The van der Waals surface area contributed by atoms with Crippen LogP contribution in [0.4, 0.5) is 5.95 Å². The Morgan fingerprint density at radius 1 is 1.35 bits per heavy atom. The van der Waals surface area contributed by atoms with Crippen molar-refractivity contribution in [2.24, 2.45) is 0 Å². The Hall–Kier alpha value is -1.91. The summed E-state index contributed by atoms with van der Waals surface area (Å²) in [7, 11) is 1.81. The number of aryl methyl sites for hydroxylation is 2. The standard InChI is InChI=1S/C12H17N5/c1-5-17-9(3)11(8(2)16-17)10-6-7-14-12(13-4)15-10/h6-7H,5H2,1-4H3,(H,13,14,15). The van der Waals surface area contributed by atoms with Crippen molar-refractivity contribution < 1.29 is 0 Å². The zero-order valence-corrected chi connectivity index (χ0v) is 10.7. The summed E-state index contributed by atoms with van der Waals surface area (Å²) in [5.41, 5.74) is 4.17. The fourth-order valence-corrected chi connectivity index (χ4v) is 1.99.